The molecule has 112 valence electrons. The zero-order valence-corrected chi connectivity index (χ0v) is 12.4. The van der Waals surface area contributed by atoms with Crippen LogP contribution in [-0.2, 0) is 20.7 Å². The maximum Gasteiger partial charge on any atom is 0.309 e. The lowest BCUT2D eigenvalue weighted by Crippen LogP contribution is -2.40. The lowest BCUT2D eigenvalue weighted by Gasteiger charge is -2.32. The Morgan fingerprint density at radius 2 is 1.90 bits per heavy atom. The number of ether oxygens (including phenoxy) is 1. The molecule has 1 aliphatic heterocycles. The fourth-order valence-corrected chi connectivity index (χ4v) is 3.46. The third kappa shape index (κ3) is 2.80. The van der Waals surface area contributed by atoms with Crippen LogP contribution in [0.1, 0.15) is 24.8 Å². The minimum atomic E-state index is -0.0842. The van der Waals surface area contributed by atoms with E-state index in [1.165, 1.54) is 7.11 Å². The Balaban J connectivity index is 1.52. The molecule has 4 nitrogen and oxygen atoms in total. The summed E-state index contributed by atoms with van der Waals surface area (Å²) in [6, 6.07) is 9.84. The summed E-state index contributed by atoms with van der Waals surface area (Å²) >= 11 is 0. The first-order valence-corrected chi connectivity index (χ1v) is 7.54. The van der Waals surface area contributed by atoms with Crippen molar-refractivity contribution >= 4 is 11.9 Å². The van der Waals surface area contributed by atoms with Gasteiger partial charge in [0.2, 0.25) is 5.91 Å². The van der Waals surface area contributed by atoms with Crippen molar-refractivity contribution in [1.29, 1.82) is 0 Å². The van der Waals surface area contributed by atoms with Crippen molar-refractivity contribution in [2.45, 2.75) is 25.7 Å². The van der Waals surface area contributed by atoms with Crippen LogP contribution in [0, 0.1) is 11.3 Å². The summed E-state index contributed by atoms with van der Waals surface area (Å²) in [7, 11) is 1.45. The van der Waals surface area contributed by atoms with Crippen molar-refractivity contribution in [3.05, 3.63) is 35.9 Å². The summed E-state index contributed by atoms with van der Waals surface area (Å²) in [6.45, 7) is 1.53. The van der Waals surface area contributed by atoms with Gasteiger partial charge in [0.1, 0.15) is 0 Å². The molecular formula is C17H21NO3. The number of piperidine rings is 1. The van der Waals surface area contributed by atoms with Gasteiger partial charge in [-0.1, -0.05) is 30.3 Å². The maximum absolute atomic E-state index is 12.3. The first-order chi connectivity index (χ1) is 10.1. The summed E-state index contributed by atoms with van der Waals surface area (Å²) in [5.74, 6) is 0.166. The molecule has 0 aromatic heterocycles. The van der Waals surface area contributed by atoms with Gasteiger partial charge in [0.05, 0.1) is 19.4 Å². The molecule has 1 amide bonds. The highest BCUT2D eigenvalue weighted by molar-refractivity contribution is 5.79. The summed E-state index contributed by atoms with van der Waals surface area (Å²) in [6.07, 6.45) is 3.25. The van der Waals surface area contributed by atoms with Crippen LogP contribution in [0.25, 0.3) is 0 Å². The Bertz CT molecular complexity index is 532. The summed E-state index contributed by atoms with van der Waals surface area (Å²) in [5, 5.41) is 0. The molecule has 1 spiro atoms. The zero-order valence-electron chi connectivity index (χ0n) is 12.4. The van der Waals surface area contributed by atoms with E-state index in [1.54, 1.807) is 0 Å². The van der Waals surface area contributed by atoms with Crippen molar-refractivity contribution in [1.82, 2.24) is 4.90 Å². The molecule has 21 heavy (non-hydrogen) atoms. The predicted molar refractivity (Wildman–Crippen MR) is 78.5 cm³/mol. The monoisotopic (exact) mass is 287 g/mol. The number of nitrogens with zero attached hydrogens (tertiary/aromatic N) is 1. The number of methoxy groups -OCH3 is 1. The highest BCUT2D eigenvalue weighted by atomic mass is 16.5. The molecule has 1 heterocycles. The first kappa shape index (κ1) is 14.1. The van der Waals surface area contributed by atoms with Gasteiger partial charge < -0.3 is 9.64 Å². The summed E-state index contributed by atoms with van der Waals surface area (Å²) in [4.78, 5) is 25.8. The summed E-state index contributed by atoms with van der Waals surface area (Å²) < 4.78 is 4.84. The van der Waals surface area contributed by atoms with Gasteiger partial charge in [0.15, 0.2) is 0 Å². The van der Waals surface area contributed by atoms with Gasteiger partial charge in [-0.3, -0.25) is 9.59 Å². The molecule has 0 radical (unpaired) electrons. The van der Waals surface area contributed by atoms with Gasteiger partial charge in [-0.05, 0) is 30.2 Å². The fourth-order valence-electron chi connectivity index (χ4n) is 3.46. The van der Waals surface area contributed by atoms with Crippen LogP contribution in [0.2, 0.25) is 0 Å². The lowest BCUT2D eigenvalue weighted by molar-refractivity contribution is -0.143. The SMILES string of the molecule is COC(=O)[C@H]1CC12CCN(C(=O)Cc1ccccc1)CC2. The molecule has 1 aromatic rings. The molecule has 0 unspecified atom stereocenters. The second-order valence-corrected chi connectivity index (χ2v) is 6.19. The smallest absolute Gasteiger partial charge is 0.309 e. The number of benzene rings is 1. The van der Waals surface area contributed by atoms with E-state index >= 15 is 0 Å². The lowest BCUT2D eigenvalue weighted by atomic mass is 9.90. The number of esters is 1. The van der Waals surface area contributed by atoms with Gasteiger partial charge >= 0.3 is 5.97 Å². The van der Waals surface area contributed by atoms with E-state index in [0.29, 0.717) is 6.42 Å². The van der Waals surface area contributed by atoms with Crippen molar-refractivity contribution in [3.8, 4) is 0 Å². The average molecular weight is 287 g/mol. The van der Waals surface area contributed by atoms with Crippen LogP contribution in [0.3, 0.4) is 0 Å². The molecule has 1 saturated carbocycles. The normalized spacial score (nSPS) is 22.9. The van der Waals surface area contributed by atoms with E-state index in [9.17, 15) is 9.59 Å². The van der Waals surface area contributed by atoms with Crippen LogP contribution < -0.4 is 0 Å². The molecular weight excluding hydrogens is 266 g/mol. The molecule has 0 bridgehead atoms. The third-order valence-corrected chi connectivity index (χ3v) is 4.99. The maximum atomic E-state index is 12.3. The Kier molecular flexibility index (Phi) is 3.70. The van der Waals surface area contributed by atoms with Crippen molar-refractivity contribution in [2.75, 3.05) is 20.2 Å². The number of hydrogen-bond acceptors (Lipinski definition) is 3. The van der Waals surface area contributed by atoms with E-state index < -0.39 is 0 Å². The topological polar surface area (TPSA) is 46.6 Å². The van der Waals surface area contributed by atoms with Gasteiger partial charge in [-0.15, -0.1) is 0 Å². The van der Waals surface area contributed by atoms with Crippen LogP contribution in [0.15, 0.2) is 30.3 Å². The molecule has 2 fully saturated rings. The number of hydrogen-bond donors (Lipinski definition) is 0. The summed E-state index contributed by atoms with van der Waals surface area (Å²) in [5.41, 5.74) is 1.18. The van der Waals surface area contributed by atoms with Crippen molar-refractivity contribution in [2.24, 2.45) is 11.3 Å². The van der Waals surface area contributed by atoms with Gasteiger partial charge in [-0.25, -0.2) is 0 Å². The molecule has 2 aliphatic rings. The third-order valence-electron chi connectivity index (χ3n) is 4.99. The molecule has 1 atom stereocenters. The van der Waals surface area contributed by atoms with Crippen LogP contribution >= 0.6 is 0 Å². The largest absolute Gasteiger partial charge is 0.469 e. The van der Waals surface area contributed by atoms with E-state index in [-0.39, 0.29) is 23.2 Å². The number of rotatable bonds is 3. The standard InChI is InChI=1S/C17H21NO3/c1-21-16(20)14-12-17(14)7-9-18(10-8-17)15(19)11-13-5-3-2-4-6-13/h2-6,14H,7-12H2,1H3/t14-/m1/s1. The molecule has 3 rings (SSSR count). The highest BCUT2D eigenvalue weighted by Gasteiger charge is 2.59. The van der Waals surface area contributed by atoms with Crippen LogP contribution in [0.5, 0.6) is 0 Å². The molecule has 1 aromatic carbocycles. The zero-order chi connectivity index (χ0) is 14.9. The van der Waals surface area contributed by atoms with Gasteiger partial charge in [-0.2, -0.15) is 0 Å². The van der Waals surface area contributed by atoms with Crippen LogP contribution in [0.4, 0.5) is 0 Å². The van der Waals surface area contributed by atoms with Gasteiger partial charge in [0.25, 0.3) is 0 Å². The van der Waals surface area contributed by atoms with E-state index in [1.807, 2.05) is 35.2 Å². The Morgan fingerprint density at radius 1 is 1.24 bits per heavy atom. The quantitative estimate of drug-likeness (QED) is 0.799. The number of amides is 1. The molecule has 4 heteroatoms. The number of carbonyl (C=O) groups excluding carboxylic acids is 2. The Labute approximate surface area is 125 Å². The average Bonchev–Trinajstić information content (AvgIpc) is 3.21. The van der Waals surface area contributed by atoms with E-state index in [4.69, 9.17) is 4.74 Å². The van der Waals surface area contributed by atoms with Crippen LogP contribution in [-0.4, -0.2) is 37.0 Å². The molecule has 1 saturated heterocycles. The second-order valence-electron chi connectivity index (χ2n) is 6.19. The minimum Gasteiger partial charge on any atom is -0.469 e. The number of likely N-dealkylation sites (tertiary alicyclic amines) is 1. The molecule has 0 N–H and O–H groups in total. The Hall–Kier alpha value is -1.84. The van der Waals surface area contributed by atoms with Crippen molar-refractivity contribution in [3.63, 3.8) is 0 Å². The van der Waals surface area contributed by atoms with E-state index in [2.05, 4.69) is 0 Å². The van der Waals surface area contributed by atoms with Gasteiger partial charge in [0, 0.05) is 13.1 Å². The number of carbonyl (C=O) groups is 2. The fraction of sp³-hybridized carbons (Fsp3) is 0.529. The van der Waals surface area contributed by atoms with E-state index in [0.717, 1.165) is 37.9 Å². The highest BCUT2D eigenvalue weighted by Crippen LogP contribution is 2.59. The minimum absolute atomic E-state index is 0.0638. The predicted octanol–water partition coefficient (Wildman–Crippen LogP) is 2.03. The first-order valence-electron chi connectivity index (χ1n) is 7.54. The Morgan fingerprint density at radius 3 is 2.52 bits per heavy atom. The molecule has 1 aliphatic carbocycles. The second kappa shape index (κ2) is 5.51. The van der Waals surface area contributed by atoms with Crippen molar-refractivity contribution < 1.29 is 14.3 Å².